The molecule has 13 nitrogen and oxygen atoms in total. The molecule has 0 radical (unpaired) electrons. The van der Waals surface area contributed by atoms with Crippen molar-refractivity contribution in [3.8, 4) is 46.0 Å². The second kappa shape index (κ2) is 14.3. The van der Waals surface area contributed by atoms with Crippen molar-refractivity contribution in [2.75, 3.05) is 41.4 Å². The smallest absolute Gasteiger partial charge is 0.394 e. The summed E-state index contributed by atoms with van der Waals surface area (Å²) in [4.78, 5) is 9.65. The minimum absolute atomic E-state index is 0.0317. The topological polar surface area (TPSA) is 168 Å². The van der Waals surface area contributed by atoms with Crippen LogP contribution in [0.1, 0.15) is 45.5 Å². The molecule has 4 aromatic rings. The van der Waals surface area contributed by atoms with Crippen molar-refractivity contribution in [3.05, 3.63) is 94.0 Å². The molecule has 2 atom stereocenters. The zero-order valence-corrected chi connectivity index (χ0v) is 28.9. The van der Waals surface area contributed by atoms with E-state index in [1.165, 1.54) is 5.56 Å². The summed E-state index contributed by atoms with van der Waals surface area (Å²) in [5.41, 5.74) is 6.45. The molecule has 0 amide bonds. The quantitative estimate of drug-likeness (QED) is 0.110. The normalized spacial score (nSPS) is 18.6. The lowest BCUT2D eigenvalue weighted by Crippen LogP contribution is -2.34. The van der Waals surface area contributed by atoms with Crippen LogP contribution in [0.15, 0.2) is 60.7 Å². The predicted molar refractivity (Wildman–Crippen MR) is 184 cm³/mol. The van der Waals surface area contributed by atoms with Crippen molar-refractivity contribution in [2.45, 2.75) is 37.8 Å². The molecular weight excluding hydrogens is 668 g/mol. The Labute approximate surface area is 290 Å². The molecule has 0 aliphatic carbocycles. The van der Waals surface area contributed by atoms with Gasteiger partial charge in [0.15, 0.2) is 34.5 Å². The molecule has 4 aromatic carbocycles. The van der Waals surface area contributed by atoms with Crippen molar-refractivity contribution >= 4 is 10.4 Å². The average Bonchev–Trinajstić information content (AvgIpc) is 3.08. The maximum Gasteiger partial charge on any atom is 0.394 e. The van der Waals surface area contributed by atoms with Crippen LogP contribution in [-0.2, 0) is 36.1 Å². The number of methoxy groups -OCH3 is 2. The lowest BCUT2D eigenvalue weighted by atomic mass is 9.87. The largest absolute Gasteiger partial charge is 0.504 e. The highest BCUT2D eigenvalue weighted by Gasteiger charge is 2.35. The molecule has 0 saturated carbocycles. The van der Waals surface area contributed by atoms with Crippen molar-refractivity contribution in [1.29, 1.82) is 0 Å². The van der Waals surface area contributed by atoms with Crippen LogP contribution in [0.4, 0.5) is 0 Å². The van der Waals surface area contributed by atoms with E-state index in [1.54, 1.807) is 20.3 Å². The Morgan fingerprint density at radius 3 is 2.02 bits per heavy atom. The number of aromatic hydroxyl groups is 1. The van der Waals surface area contributed by atoms with E-state index < -0.39 is 10.4 Å². The molecule has 0 fully saturated rings. The molecule has 6 bridgehead atoms. The van der Waals surface area contributed by atoms with Crippen molar-refractivity contribution in [1.82, 2.24) is 9.80 Å². The fourth-order valence-electron chi connectivity index (χ4n) is 7.01. The van der Waals surface area contributed by atoms with Gasteiger partial charge in [0.25, 0.3) is 0 Å². The van der Waals surface area contributed by atoms with Crippen LogP contribution in [0.5, 0.6) is 46.0 Å². The van der Waals surface area contributed by atoms with Crippen molar-refractivity contribution < 1.29 is 51.7 Å². The Morgan fingerprint density at radius 2 is 1.36 bits per heavy atom. The fraction of sp³-hybridized carbons (Fsp3) is 0.333. The first kappa shape index (κ1) is 35.3. The van der Waals surface area contributed by atoms with Gasteiger partial charge < -0.3 is 28.9 Å². The summed E-state index contributed by atoms with van der Waals surface area (Å²) in [6.07, 6.45) is 3.01. The average molecular weight is 709 g/mol. The third kappa shape index (κ3) is 7.45. The summed E-state index contributed by atoms with van der Waals surface area (Å²) in [5, 5.41) is 20.9. The first-order valence-electron chi connectivity index (χ1n) is 16.0. The molecule has 4 heterocycles. The fourth-order valence-corrected chi connectivity index (χ4v) is 7.01. The minimum atomic E-state index is -4.67. The molecule has 0 saturated heterocycles. The lowest BCUT2D eigenvalue weighted by Gasteiger charge is -2.37. The Balaban J connectivity index is 0.000000808. The lowest BCUT2D eigenvalue weighted by molar-refractivity contribution is -0.140. The Morgan fingerprint density at radius 1 is 0.760 bits per heavy atom. The van der Waals surface area contributed by atoms with Gasteiger partial charge in [-0.15, -0.1) is 0 Å². The Kier molecular flexibility index (Phi) is 10.1. The third-order valence-electron chi connectivity index (χ3n) is 9.53. The van der Waals surface area contributed by atoms with Gasteiger partial charge in [-0.1, -0.05) is 18.2 Å². The van der Waals surface area contributed by atoms with E-state index in [0.29, 0.717) is 47.3 Å². The standard InChI is InChI=1S/C36H38N2O7.H2O4S/c1-37-13-11-23-18-31(41-3)32-20-26(23)27(37)16-22-7-10-29(39)30(17-22)43-25-8-5-21(6-9-25)15-28-34-24(12-14-38(28)2)19-33(42-4)35(45-40)36(34)44-32;1-5(2,3)4/h5-10,17-20,27-28,39-40H,11-16H2,1-4H3;(H2,1,2,3,4)/t27-,28+;/m1./s1. The highest BCUT2D eigenvalue weighted by atomic mass is 32.3. The summed E-state index contributed by atoms with van der Waals surface area (Å²) >= 11 is 0. The van der Waals surface area contributed by atoms with Crippen LogP contribution in [0.3, 0.4) is 0 Å². The number of phenolic OH excluding ortho intramolecular Hbond substituents is 1. The monoisotopic (exact) mass is 708 g/mol. The van der Waals surface area contributed by atoms with Gasteiger partial charge in [-0.25, -0.2) is 5.26 Å². The van der Waals surface area contributed by atoms with E-state index >= 15 is 0 Å². The maximum absolute atomic E-state index is 10.7. The van der Waals surface area contributed by atoms with Gasteiger partial charge in [0.1, 0.15) is 5.75 Å². The van der Waals surface area contributed by atoms with E-state index in [0.717, 1.165) is 53.7 Å². The van der Waals surface area contributed by atoms with Crippen molar-refractivity contribution in [3.63, 3.8) is 0 Å². The molecule has 4 aliphatic rings. The summed E-state index contributed by atoms with van der Waals surface area (Å²) in [5.74, 6) is 3.23. The number of phenols is 1. The summed E-state index contributed by atoms with van der Waals surface area (Å²) in [6, 6.07) is 19.5. The first-order valence-corrected chi connectivity index (χ1v) is 17.4. The Hall–Kier alpha value is -4.57. The number of rotatable bonds is 3. The molecule has 0 unspecified atom stereocenters. The van der Waals surface area contributed by atoms with E-state index in [9.17, 15) is 10.4 Å². The number of hydrogen-bond acceptors (Lipinski definition) is 11. The number of likely N-dealkylation sites (N-methyl/N-ethyl adjacent to an activating group) is 2. The van der Waals surface area contributed by atoms with E-state index in [1.807, 2.05) is 42.5 Å². The minimum Gasteiger partial charge on any atom is -0.504 e. The van der Waals surface area contributed by atoms with Crippen LogP contribution in [0.25, 0.3) is 0 Å². The van der Waals surface area contributed by atoms with Crippen LogP contribution in [-0.4, -0.2) is 79.1 Å². The van der Waals surface area contributed by atoms with E-state index in [2.05, 4.69) is 36.0 Å². The molecular formula is C36H40N2O11S. The molecule has 4 N–H and O–H groups in total. The van der Waals surface area contributed by atoms with Crippen LogP contribution in [0.2, 0.25) is 0 Å². The summed E-state index contributed by atoms with van der Waals surface area (Å²) in [6.45, 7) is 1.72. The molecule has 0 aromatic heterocycles. The first-order chi connectivity index (χ1) is 23.9. The maximum atomic E-state index is 10.7. The number of nitrogens with zero attached hydrogens (tertiary/aromatic N) is 2. The zero-order chi connectivity index (χ0) is 35.7. The third-order valence-corrected chi connectivity index (χ3v) is 9.53. The Bertz CT molecular complexity index is 1980. The van der Waals surface area contributed by atoms with Gasteiger partial charge in [0.05, 0.1) is 14.2 Å². The van der Waals surface area contributed by atoms with Crippen molar-refractivity contribution in [2.24, 2.45) is 0 Å². The molecule has 50 heavy (non-hydrogen) atoms. The van der Waals surface area contributed by atoms with Gasteiger partial charge >= 0.3 is 10.4 Å². The molecule has 8 rings (SSSR count). The van der Waals surface area contributed by atoms with Crippen LogP contribution >= 0.6 is 0 Å². The highest BCUT2D eigenvalue weighted by molar-refractivity contribution is 7.79. The molecule has 4 aliphatic heterocycles. The van der Waals surface area contributed by atoms with Crippen LogP contribution in [0, 0.1) is 0 Å². The highest BCUT2D eigenvalue weighted by Crippen LogP contribution is 2.51. The van der Waals surface area contributed by atoms with E-state index in [4.69, 9.17) is 41.4 Å². The molecule has 14 heteroatoms. The van der Waals surface area contributed by atoms with Gasteiger partial charge in [-0.05, 0) is 110 Å². The van der Waals surface area contributed by atoms with E-state index in [-0.39, 0.29) is 23.6 Å². The van der Waals surface area contributed by atoms with Gasteiger partial charge in [-0.3, -0.25) is 18.9 Å². The summed E-state index contributed by atoms with van der Waals surface area (Å²) < 4.78 is 56.2. The second-order valence-corrected chi connectivity index (χ2v) is 13.5. The number of ether oxygens (including phenoxy) is 4. The van der Waals surface area contributed by atoms with Gasteiger partial charge in [0, 0.05) is 30.7 Å². The summed E-state index contributed by atoms with van der Waals surface area (Å²) in [7, 11) is 2.76. The number of fused-ring (bicyclic) bond motifs is 2. The van der Waals surface area contributed by atoms with Crippen LogP contribution < -0.4 is 23.8 Å². The molecule has 266 valence electrons. The van der Waals surface area contributed by atoms with Gasteiger partial charge in [0.2, 0.25) is 5.75 Å². The predicted octanol–water partition coefficient (Wildman–Crippen LogP) is 6.05. The molecule has 0 spiro atoms. The zero-order valence-electron chi connectivity index (χ0n) is 28.1. The number of benzene rings is 4. The second-order valence-electron chi connectivity index (χ2n) is 12.6. The SMILES string of the molecule is COc1cc2c3cc1Oc1c(OO)c(OC)cc4c1[C@H](Cc1ccc(cc1)Oc1cc(ccc1O)C[C@H]3N(C)CC2)N(C)CC4.O=S(=O)(O)O. The number of hydrogen-bond donors (Lipinski definition) is 4. The van der Waals surface area contributed by atoms with Gasteiger partial charge in [-0.2, -0.15) is 8.42 Å².